The highest BCUT2D eigenvalue weighted by Gasteiger charge is 2.37. The summed E-state index contributed by atoms with van der Waals surface area (Å²) in [6, 6.07) is 14.6. The van der Waals surface area contributed by atoms with E-state index in [-0.39, 0.29) is 31.4 Å². The first-order chi connectivity index (χ1) is 23.2. The minimum Gasteiger partial charge on any atom is -0.488 e. The number of nitrogens with two attached hydrogens (primary N) is 2. The van der Waals surface area contributed by atoms with Gasteiger partial charge >= 0.3 is 12.1 Å². The molecule has 0 aromatic heterocycles. The Kier molecular flexibility index (Phi) is 12.3. The highest BCUT2D eigenvalue weighted by molar-refractivity contribution is 6.19. The molecule has 264 valence electrons. The molecule has 3 aromatic carbocycles. The van der Waals surface area contributed by atoms with Gasteiger partial charge in [0.2, 0.25) is 11.8 Å². The third-order valence-corrected chi connectivity index (χ3v) is 8.54. The van der Waals surface area contributed by atoms with Crippen molar-refractivity contribution >= 4 is 57.7 Å². The molecule has 1 unspecified atom stereocenters. The van der Waals surface area contributed by atoms with Crippen molar-refractivity contribution in [3.63, 3.8) is 0 Å². The van der Waals surface area contributed by atoms with Crippen LogP contribution < -0.4 is 37.1 Å². The molecule has 0 saturated carbocycles. The molecular formula is C36H47ClN6O6. The van der Waals surface area contributed by atoms with Gasteiger partial charge in [-0.2, -0.15) is 0 Å². The molecule has 1 heterocycles. The van der Waals surface area contributed by atoms with Crippen LogP contribution in [0.4, 0.5) is 21.0 Å². The first kappa shape index (κ1) is 37.3. The summed E-state index contributed by atoms with van der Waals surface area (Å²) in [5, 5.41) is 9.94. The zero-order chi connectivity index (χ0) is 35.9. The van der Waals surface area contributed by atoms with E-state index in [2.05, 4.69) is 16.0 Å². The van der Waals surface area contributed by atoms with E-state index in [9.17, 15) is 19.2 Å². The predicted molar refractivity (Wildman–Crippen MR) is 192 cm³/mol. The SMILES string of the molecule is CC(C)[C@H](N)C(=O)N[C@@H](CCCNC(N)=O)C(=O)Nc1ccc(COc2cc3c(c4ccccc24)C(CCl)CN3C(=O)OC(C)(C)C)cc1. The summed E-state index contributed by atoms with van der Waals surface area (Å²) in [6.45, 7) is 10.0. The van der Waals surface area contributed by atoms with Gasteiger partial charge in [0.05, 0.1) is 11.7 Å². The van der Waals surface area contributed by atoms with E-state index in [1.807, 2.05) is 77.1 Å². The van der Waals surface area contributed by atoms with Crippen molar-refractivity contribution in [3.8, 4) is 5.75 Å². The number of hydrogen-bond donors (Lipinski definition) is 5. The topological polar surface area (TPSA) is 178 Å². The van der Waals surface area contributed by atoms with Crippen LogP contribution >= 0.6 is 11.6 Å². The number of fused-ring (bicyclic) bond motifs is 3. The van der Waals surface area contributed by atoms with Crippen LogP contribution in [0.2, 0.25) is 0 Å². The first-order valence-electron chi connectivity index (χ1n) is 16.4. The van der Waals surface area contributed by atoms with E-state index in [0.29, 0.717) is 36.0 Å². The molecule has 49 heavy (non-hydrogen) atoms. The van der Waals surface area contributed by atoms with Crippen molar-refractivity contribution in [3.05, 3.63) is 65.7 Å². The molecule has 3 aromatic rings. The molecule has 12 nitrogen and oxygen atoms in total. The predicted octanol–water partition coefficient (Wildman–Crippen LogP) is 5.35. The summed E-state index contributed by atoms with van der Waals surface area (Å²) in [5.41, 5.74) is 13.6. The zero-order valence-corrected chi connectivity index (χ0v) is 29.4. The van der Waals surface area contributed by atoms with Crippen molar-refractivity contribution in [1.29, 1.82) is 0 Å². The standard InChI is InChI=1S/C36H47ClN6O6/c1-21(2)31(38)33(45)42-27(11-8-16-40-34(39)46)32(44)41-24-14-12-22(13-15-24)20-48-29-17-28-30(26-10-7-6-9-25(26)29)23(18-37)19-43(28)35(47)49-36(3,4)5/h6-7,9-10,12-15,17,21,23,27,31H,8,11,16,18-20,38H2,1-5H3,(H,41,44)(H,42,45)(H3,39,40,46)/t23?,27-,31-/m0/s1. The molecule has 5 amide bonds. The van der Waals surface area contributed by atoms with Crippen LogP contribution in [0.15, 0.2) is 54.6 Å². The zero-order valence-electron chi connectivity index (χ0n) is 28.7. The van der Waals surface area contributed by atoms with Gasteiger partial charge in [-0.25, -0.2) is 9.59 Å². The second-order valence-electron chi connectivity index (χ2n) is 13.5. The van der Waals surface area contributed by atoms with E-state index in [0.717, 1.165) is 21.9 Å². The van der Waals surface area contributed by atoms with E-state index < -0.39 is 41.6 Å². The summed E-state index contributed by atoms with van der Waals surface area (Å²) in [5.74, 6) is -0.0584. The van der Waals surface area contributed by atoms with E-state index in [1.165, 1.54) is 0 Å². The van der Waals surface area contributed by atoms with Gasteiger partial charge in [-0.05, 0) is 68.2 Å². The molecule has 3 atom stereocenters. The van der Waals surface area contributed by atoms with Crippen molar-refractivity contribution in [2.24, 2.45) is 17.4 Å². The Morgan fingerprint density at radius 1 is 1.02 bits per heavy atom. The van der Waals surface area contributed by atoms with Gasteiger partial charge in [0.15, 0.2) is 0 Å². The molecule has 13 heteroatoms. The number of urea groups is 1. The highest BCUT2D eigenvalue weighted by Crippen LogP contribution is 2.46. The third-order valence-electron chi connectivity index (χ3n) is 8.17. The van der Waals surface area contributed by atoms with Crippen molar-refractivity contribution in [2.75, 3.05) is 29.2 Å². The summed E-state index contributed by atoms with van der Waals surface area (Å²) in [7, 11) is 0. The average molecular weight is 695 g/mol. The molecule has 1 aliphatic rings. The number of amides is 5. The number of halogens is 1. The number of carbonyl (C=O) groups is 4. The molecule has 1 aliphatic heterocycles. The van der Waals surface area contributed by atoms with Crippen LogP contribution in [0.25, 0.3) is 10.8 Å². The second-order valence-corrected chi connectivity index (χ2v) is 13.8. The van der Waals surface area contributed by atoms with Crippen LogP contribution in [0, 0.1) is 5.92 Å². The molecule has 0 saturated heterocycles. The summed E-state index contributed by atoms with van der Waals surface area (Å²) >= 11 is 6.39. The summed E-state index contributed by atoms with van der Waals surface area (Å²) in [4.78, 5) is 51.8. The molecule has 0 bridgehead atoms. The van der Waals surface area contributed by atoms with Crippen LogP contribution in [-0.4, -0.2) is 60.6 Å². The number of rotatable bonds is 13. The second kappa shape index (κ2) is 16.2. The number of nitrogens with zero attached hydrogens (tertiary/aromatic N) is 1. The lowest BCUT2D eigenvalue weighted by atomic mass is 9.95. The van der Waals surface area contributed by atoms with E-state index in [4.69, 9.17) is 32.5 Å². The monoisotopic (exact) mass is 694 g/mol. The number of ether oxygens (including phenoxy) is 2. The Labute approximate surface area is 292 Å². The van der Waals surface area contributed by atoms with Gasteiger partial charge in [0.1, 0.15) is 24.0 Å². The minimum absolute atomic E-state index is 0.0578. The largest absolute Gasteiger partial charge is 0.488 e. The van der Waals surface area contributed by atoms with Crippen molar-refractivity contribution in [2.45, 2.75) is 77.7 Å². The van der Waals surface area contributed by atoms with Gasteiger partial charge < -0.3 is 36.9 Å². The van der Waals surface area contributed by atoms with Crippen molar-refractivity contribution in [1.82, 2.24) is 10.6 Å². The number of alkyl halides is 1. The maximum atomic E-state index is 13.2. The third kappa shape index (κ3) is 9.76. The minimum atomic E-state index is -0.873. The Balaban J connectivity index is 1.48. The van der Waals surface area contributed by atoms with Crippen LogP contribution in [0.3, 0.4) is 0 Å². The molecule has 0 radical (unpaired) electrons. The summed E-state index contributed by atoms with van der Waals surface area (Å²) < 4.78 is 12.1. The molecule has 0 aliphatic carbocycles. The fraction of sp³-hybridized carbons (Fsp3) is 0.444. The molecular weight excluding hydrogens is 648 g/mol. The Bertz CT molecular complexity index is 1660. The molecule has 7 N–H and O–H groups in total. The van der Waals surface area contributed by atoms with Gasteiger partial charge in [0.25, 0.3) is 0 Å². The normalized spacial score (nSPS) is 15.3. The maximum Gasteiger partial charge on any atom is 0.414 e. The quantitative estimate of drug-likeness (QED) is 0.118. The van der Waals surface area contributed by atoms with Crippen LogP contribution in [0.1, 0.15) is 64.5 Å². The Morgan fingerprint density at radius 2 is 1.69 bits per heavy atom. The average Bonchev–Trinajstić information content (AvgIpc) is 3.43. The number of carbonyl (C=O) groups excluding carboxylic acids is 4. The lowest BCUT2D eigenvalue weighted by Crippen LogP contribution is -2.51. The molecule has 0 fully saturated rings. The lowest BCUT2D eigenvalue weighted by Gasteiger charge is -2.25. The van der Waals surface area contributed by atoms with Crippen LogP contribution in [0.5, 0.6) is 5.75 Å². The van der Waals surface area contributed by atoms with E-state index in [1.54, 1.807) is 17.0 Å². The number of benzene rings is 3. The number of hydrogen-bond acceptors (Lipinski definition) is 7. The van der Waals surface area contributed by atoms with Crippen molar-refractivity contribution < 1.29 is 28.7 Å². The first-order valence-corrected chi connectivity index (χ1v) is 17.0. The Hall–Kier alpha value is -4.55. The Morgan fingerprint density at radius 3 is 2.31 bits per heavy atom. The molecule has 4 rings (SSSR count). The maximum absolute atomic E-state index is 13.2. The van der Waals surface area contributed by atoms with Crippen LogP contribution in [-0.2, 0) is 20.9 Å². The molecule has 0 spiro atoms. The van der Waals surface area contributed by atoms with Gasteiger partial charge in [-0.3, -0.25) is 14.5 Å². The smallest absolute Gasteiger partial charge is 0.414 e. The lowest BCUT2D eigenvalue weighted by molar-refractivity contribution is -0.128. The number of nitrogens with one attached hydrogen (secondary N) is 3. The number of primary amides is 1. The summed E-state index contributed by atoms with van der Waals surface area (Å²) in [6.07, 6.45) is 0.237. The van der Waals surface area contributed by atoms with E-state index >= 15 is 0 Å². The fourth-order valence-corrected chi connectivity index (χ4v) is 5.83. The van der Waals surface area contributed by atoms with Gasteiger partial charge in [-0.15, -0.1) is 11.6 Å². The van der Waals surface area contributed by atoms with Gasteiger partial charge in [0, 0.05) is 42.0 Å². The van der Waals surface area contributed by atoms with Gasteiger partial charge in [-0.1, -0.05) is 50.2 Å². The highest BCUT2D eigenvalue weighted by atomic mass is 35.5. The number of anilines is 2. The fourth-order valence-electron chi connectivity index (χ4n) is 5.58.